The Morgan fingerprint density at radius 1 is 0.421 bits per heavy atom. The number of ether oxygens (including phenoxy) is 11. The summed E-state index contributed by atoms with van der Waals surface area (Å²) in [6.07, 6.45) is -45.2. The van der Waals surface area contributed by atoms with Gasteiger partial charge in [0.25, 0.3) is 5.91 Å². The van der Waals surface area contributed by atoms with Crippen LogP contribution in [0.15, 0.2) is 0 Å². The zero-order valence-corrected chi connectivity index (χ0v) is 62.1. The van der Waals surface area contributed by atoms with Crippen LogP contribution in [0.3, 0.4) is 0 Å². The summed E-state index contributed by atoms with van der Waals surface area (Å²) in [6, 6.07) is -1.31. The molecule has 36 heteroatoms. The van der Waals surface area contributed by atoms with Gasteiger partial charge >= 0.3 is 11.9 Å². The molecule has 0 aromatic carbocycles. The van der Waals surface area contributed by atoms with E-state index in [0.29, 0.717) is 38.5 Å². The molecule has 5 fully saturated rings. The van der Waals surface area contributed by atoms with Crippen LogP contribution in [0.4, 0.5) is 0 Å². The second-order valence-electron chi connectivity index (χ2n) is 26.1. The number of carbonyl (C=O) groups excluding carboxylic acids is 3. The smallest absolute Gasteiger partial charge is 0.335 e. The molecule has 5 heterocycles. The molecule has 25 unspecified atom stereocenters. The third kappa shape index (κ3) is 31.3. The van der Waals surface area contributed by atoms with E-state index >= 15 is 0 Å². The lowest BCUT2D eigenvalue weighted by molar-refractivity contribution is -0.385. The number of rotatable bonds is 39. The van der Waals surface area contributed by atoms with E-state index in [0.717, 1.165) is 32.1 Å². The Morgan fingerprint density at radius 3 is 1.39 bits per heavy atom. The van der Waals surface area contributed by atoms with Gasteiger partial charge in [-0.3, -0.25) is 14.4 Å². The van der Waals surface area contributed by atoms with Crippen LogP contribution < -0.4 is 10.6 Å². The van der Waals surface area contributed by atoms with Crippen LogP contribution in [-0.2, 0) is 76.1 Å². The van der Waals surface area contributed by atoms with Crippen molar-refractivity contribution in [2.75, 3.05) is 46.2 Å². The van der Waals surface area contributed by atoms with Crippen molar-refractivity contribution in [1.29, 1.82) is 0 Å². The molecule has 5 aliphatic rings. The van der Waals surface area contributed by atoms with Gasteiger partial charge in [0.05, 0.1) is 45.2 Å². The summed E-state index contributed by atoms with van der Waals surface area (Å²) in [6.45, 7) is 0.582. The van der Waals surface area contributed by atoms with Gasteiger partial charge in [-0.25, -0.2) is 9.59 Å². The number of nitrogens with one attached hydrogen (secondary N) is 2. The summed E-state index contributed by atoms with van der Waals surface area (Å²) in [7, 11) is 0. The molecule has 0 bridgehead atoms. The molecule has 28 atom stereocenters. The average Bonchev–Trinajstić information content (AvgIpc) is 0.769. The number of aliphatic hydroxyl groups excluding tert-OH is 16. The molecular weight excluding hydrogens is 1510 g/mol. The van der Waals surface area contributed by atoms with E-state index in [1.165, 1.54) is 0 Å². The molecule has 622 valence electrons. The number of ketones is 1. The monoisotopic (exact) mass is 1600 g/mol. The summed E-state index contributed by atoms with van der Waals surface area (Å²) >= 11 is 0. The SMILES string of the molecule is CC#CC#CC#CC#CC#CC#CC#CC#CC#CC#CC#CC(=O)N[C@@H](COC1OC(COCCCCCCCC(=O)CCCCC(=O)NCCOC2OC(CO)C(OC3OC(C(=O)O)C(O)C(OC4OC(CO)C(OC5OC(C(=O)O)C(O)C(O)C5O)C(O)C4O)C3O)C(O)C2O)C(O)C(O)C1O)[C@H](O)[C@H](O)CCCCC. The first-order valence-electron chi connectivity index (χ1n) is 36.5. The fourth-order valence-electron chi connectivity index (χ4n) is 11.7. The molecule has 0 spiro atoms. The quantitative estimate of drug-likeness (QED) is 0.0201. The standard InChI is InChI=1S/C78H96N2O34/c1-3-5-7-8-9-10-11-12-13-14-15-16-17-18-19-20-21-22-23-26-30-38-53(86)80-47(54(87)48(84)36-28-6-4-2)44-106-75-61(94)56(89)55(88)51(109-75)45-104-40-33-27-24-25-29-34-46(83)35-31-32-37-52(85)79-39-41-105-74-63(96)59(92)67(49(42-81)107-74)111-78-66(99)69(65(98)71(114-78)73(102)103)112-76-64(97)60(93)68(50(43-82)108-76)110-77-62(95)57(90)58(91)70(113-77)72(100)101/h47-51,54-71,74-78,81-82,84,87-99H,4,6,24-25,27-29,31-37,39-45H2,1-2H3,(H,79,85)(H,80,86)(H,100,101)(H,102,103)/t47-,48+,49?,50?,51?,54-,55?,56?,57?,58?,59?,60?,61?,62?,63?,64?,65?,66?,67?,68?,69?,70?,71?,74?,75?,76?,77?,78?/m0/s1. The Balaban J connectivity index is 0.958. The van der Waals surface area contributed by atoms with Crippen molar-refractivity contribution in [3.8, 4) is 130 Å². The molecule has 114 heavy (non-hydrogen) atoms. The Labute approximate surface area is 657 Å². The Hall–Kier alpha value is -8.37. The molecule has 5 rings (SSSR count). The zero-order chi connectivity index (χ0) is 83.7. The second kappa shape index (κ2) is 52.3. The van der Waals surface area contributed by atoms with Gasteiger partial charge in [-0.1, -0.05) is 51.4 Å². The van der Waals surface area contributed by atoms with Crippen LogP contribution in [0.25, 0.3) is 0 Å². The topological polar surface area (TPSA) is 575 Å². The second-order valence-corrected chi connectivity index (χ2v) is 26.1. The van der Waals surface area contributed by atoms with Gasteiger partial charge in [0.15, 0.2) is 43.7 Å². The van der Waals surface area contributed by atoms with Crippen molar-refractivity contribution < 1.29 is 168 Å². The minimum absolute atomic E-state index is 0.00990. The summed E-state index contributed by atoms with van der Waals surface area (Å²) in [5.74, 6) is 49.0. The van der Waals surface area contributed by atoms with Crippen LogP contribution in [0.5, 0.6) is 0 Å². The van der Waals surface area contributed by atoms with Gasteiger partial charge < -0.3 is 155 Å². The predicted octanol–water partition coefficient (Wildman–Crippen LogP) is -8.27. The van der Waals surface area contributed by atoms with E-state index in [9.17, 15) is 116 Å². The van der Waals surface area contributed by atoms with Gasteiger partial charge in [-0.15, -0.1) is 0 Å². The van der Waals surface area contributed by atoms with Gasteiger partial charge in [-0.2, -0.15) is 0 Å². The predicted molar refractivity (Wildman–Crippen MR) is 386 cm³/mol. The van der Waals surface area contributed by atoms with E-state index in [4.69, 9.17) is 52.1 Å². The van der Waals surface area contributed by atoms with Crippen LogP contribution in [0.2, 0.25) is 0 Å². The fourth-order valence-corrected chi connectivity index (χ4v) is 11.7. The number of amides is 2. The minimum Gasteiger partial charge on any atom is -0.479 e. The molecule has 36 nitrogen and oxygen atoms in total. The molecular formula is C78H96N2O34. The third-order valence-electron chi connectivity index (χ3n) is 17.8. The minimum atomic E-state index is -2.33. The summed E-state index contributed by atoms with van der Waals surface area (Å²) in [4.78, 5) is 62.1. The highest BCUT2D eigenvalue weighted by Gasteiger charge is 2.57. The first-order valence-corrected chi connectivity index (χ1v) is 36.5. The van der Waals surface area contributed by atoms with Crippen LogP contribution in [0, 0.1) is 130 Å². The molecule has 0 aromatic heterocycles. The number of carboxylic acid groups (broad SMARTS) is 2. The maximum atomic E-state index is 12.9. The molecule has 0 aromatic rings. The third-order valence-corrected chi connectivity index (χ3v) is 17.8. The van der Waals surface area contributed by atoms with E-state index in [1.807, 2.05) is 6.92 Å². The van der Waals surface area contributed by atoms with Crippen molar-refractivity contribution >= 4 is 29.5 Å². The summed E-state index contributed by atoms with van der Waals surface area (Å²) in [5.41, 5.74) is 0. The van der Waals surface area contributed by atoms with Gasteiger partial charge in [0.2, 0.25) is 5.91 Å². The van der Waals surface area contributed by atoms with Crippen molar-refractivity contribution in [1.82, 2.24) is 10.6 Å². The number of Topliss-reactive ketones (excluding diaryl/α,β-unsaturated/α-hetero) is 1. The molecule has 20 N–H and O–H groups in total. The number of hydrogen-bond donors (Lipinski definition) is 20. The fraction of sp³-hybridized carbons (Fsp3) is 0.654. The number of aliphatic hydroxyl groups is 16. The molecule has 2 amide bonds. The van der Waals surface area contributed by atoms with Crippen molar-refractivity contribution in [2.24, 2.45) is 0 Å². The molecule has 5 aliphatic heterocycles. The lowest BCUT2D eigenvalue weighted by Crippen LogP contribution is -2.68. The highest BCUT2D eigenvalue weighted by Crippen LogP contribution is 2.35. The molecule has 0 radical (unpaired) electrons. The highest BCUT2D eigenvalue weighted by molar-refractivity contribution is 5.94. The first-order chi connectivity index (χ1) is 54.7. The number of hydrogen-bond acceptors (Lipinski definition) is 32. The van der Waals surface area contributed by atoms with Gasteiger partial charge in [0.1, 0.15) is 122 Å². The first kappa shape index (κ1) is 96.2. The normalized spacial score (nSPS) is 31.3. The number of unbranched alkanes of at least 4 members (excludes halogenated alkanes) is 7. The lowest BCUT2D eigenvalue weighted by atomic mass is 9.95. The molecule has 0 aliphatic carbocycles. The van der Waals surface area contributed by atoms with Crippen LogP contribution in [0.1, 0.15) is 104 Å². The Morgan fingerprint density at radius 2 is 0.851 bits per heavy atom. The highest BCUT2D eigenvalue weighted by atomic mass is 16.8. The van der Waals surface area contributed by atoms with E-state index in [2.05, 4.69) is 141 Å². The Kier molecular flexibility index (Phi) is 44.1. The molecule has 5 saturated heterocycles. The van der Waals surface area contributed by atoms with Crippen LogP contribution >= 0.6 is 0 Å². The average molecular weight is 1610 g/mol. The van der Waals surface area contributed by atoms with Crippen molar-refractivity contribution in [2.45, 2.75) is 276 Å². The number of aliphatic carboxylic acids is 2. The van der Waals surface area contributed by atoms with E-state index in [-0.39, 0.29) is 51.4 Å². The van der Waals surface area contributed by atoms with E-state index in [1.54, 1.807) is 6.92 Å². The van der Waals surface area contributed by atoms with Crippen LogP contribution in [-0.4, -0.2) is 339 Å². The number of carbonyl (C=O) groups is 5. The van der Waals surface area contributed by atoms with E-state index < -0.39 is 215 Å². The maximum Gasteiger partial charge on any atom is 0.335 e. The number of carboxylic acids is 2. The largest absolute Gasteiger partial charge is 0.479 e. The lowest BCUT2D eigenvalue weighted by Gasteiger charge is -2.48. The van der Waals surface area contributed by atoms with Gasteiger partial charge in [-0.05, 0) is 134 Å². The Bertz CT molecular complexity index is 3860. The zero-order valence-electron chi connectivity index (χ0n) is 62.1. The van der Waals surface area contributed by atoms with Crippen molar-refractivity contribution in [3.63, 3.8) is 0 Å². The summed E-state index contributed by atoms with van der Waals surface area (Å²) < 4.78 is 60.9. The maximum absolute atomic E-state index is 12.9. The summed E-state index contributed by atoms with van der Waals surface area (Å²) in [5, 5.41) is 197. The molecule has 0 saturated carbocycles. The van der Waals surface area contributed by atoms with Crippen molar-refractivity contribution in [3.05, 3.63) is 0 Å². The van der Waals surface area contributed by atoms with Gasteiger partial charge in [0, 0.05) is 62.0 Å².